The van der Waals surface area contributed by atoms with E-state index in [1.165, 1.54) is 18.4 Å². The molecule has 0 saturated carbocycles. The molecule has 1 saturated heterocycles. The maximum Gasteiger partial charge on any atom is 0.161 e. The molecule has 1 fully saturated rings. The van der Waals surface area contributed by atoms with Crippen LogP contribution in [0.15, 0.2) is 18.2 Å². The van der Waals surface area contributed by atoms with Crippen molar-refractivity contribution in [2.75, 3.05) is 32.8 Å². The molecule has 1 heterocycles. The third-order valence-corrected chi connectivity index (χ3v) is 5.04. The standard InChI is InChI=1S/C21H35NO3/c1-4-7-8-13-25-20-10-9-17(15-21(20)24-6-3)14-18-16-22(5-2)12-11-19(18)23/h9-10,15,18-19,23H,4-8,11-14,16H2,1-3H3. The maximum absolute atomic E-state index is 10.4. The zero-order valence-corrected chi connectivity index (χ0v) is 16.2. The van der Waals surface area contributed by atoms with Gasteiger partial charge in [-0.3, -0.25) is 0 Å². The van der Waals surface area contributed by atoms with Crippen LogP contribution in [-0.2, 0) is 6.42 Å². The predicted molar refractivity (Wildman–Crippen MR) is 103 cm³/mol. The number of benzene rings is 1. The second-order valence-electron chi connectivity index (χ2n) is 6.98. The molecule has 0 aromatic heterocycles. The fraction of sp³-hybridized carbons (Fsp3) is 0.714. The van der Waals surface area contributed by atoms with E-state index in [0.717, 1.165) is 57.0 Å². The van der Waals surface area contributed by atoms with Gasteiger partial charge < -0.3 is 19.5 Å². The van der Waals surface area contributed by atoms with Gasteiger partial charge in [-0.2, -0.15) is 0 Å². The average molecular weight is 350 g/mol. The van der Waals surface area contributed by atoms with E-state index in [4.69, 9.17) is 9.47 Å². The third-order valence-electron chi connectivity index (χ3n) is 5.04. The lowest BCUT2D eigenvalue weighted by Gasteiger charge is -2.35. The van der Waals surface area contributed by atoms with Gasteiger partial charge in [0, 0.05) is 19.0 Å². The molecule has 2 rings (SSSR count). The van der Waals surface area contributed by atoms with Gasteiger partial charge in [-0.25, -0.2) is 0 Å². The van der Waals surface area contributed by atoms with Crippen LogP contribution in [0.5, 0.6) is 11.5 Å². The second kappa shape index (κ2) is 10.7. The normalized spacial score (nSPS) is 21.3. The quantitative estimate of drug-likeness (QED) is 0.651. The van der Waals surface area contributed by atoms with E-state index in [0.29, 0.717) is 12.5 Å². The monoisotopic (exact) mass is 349 g/mol. The number of likely N-dealkylation sites (tertiary alicyclic amines) is 1. The van der Waals surface area contributed by atoms with Crippen molar-refractivity contribution in [2.24, 2.45) is 5.92 Å². The molecule has 142 valence electrons. The van der Waals surface area contributed by atoms with Crippen molar-refractivity contribution in [2.45, 2.75) is 59.0 Å². The number of aliphatic hydroxyl groups is 1. The van der Waals surface area contributed by atoms with Crippen molar-refractivity contribution in [3.8, 4) is 11.5 Å². The summed E-state index contributed by atoms with van der Waals surface area (Å²) >= 11 is 0. The number of hydrogen-bond donors (Lipinski definition) is 1. The number of nitrogens with zero attached hydrogens (tertiary/aromatic N) is 1. The number of piperidine rings is 1. The lowest BCUT2D eigenvalue weighted by Crippen LogP contribution is -2.43. The number of aliphatic hydroxyl groups excluding tert-OH is 1. The first kappa shape index (κ1) is 20.1. The van der Waals surface area contributed by atoms with Gasteiger partial charge in [0.25, 0.3) is 0 Å². The van der Waals surface area contributed by atoms with Gasteiger partial charge in [0.15, 0.2) is 11.5 Å². The fourth-order valence-electron chi connectivity index (χ4n) is 3.49. The van der Waals surface area contributed by atoms with Gasteiger partial charge in [-0.15, -0.1) is 0 Å². The molecule has 0 radical (unpaired) electrons. The fourth-order valence-corrected chi connectivity index (χ4v) is 3.49. The summed E-state index contributed by atoms with van der Waals surface area (Å²) in [6.45, 7) is 10.8. The highest BCUT2D eigenvalue weighted by atomic mass is 16.5. The van der Waals surface area contributed by atoms with E-state index < -0.39 is 0 Å². The Hall–Kier alpha value is -1.26. The van der Waals surface area contributed by atoms with Crippen molar-refractivity contribution < 1.29 is 14.6 Å². The Kier molecular flexibility index (Phi) is 8.56. The topological polar surface area (TPSA) is 41.9 Å². The summed E-state index contributed by atoms with van der Waals surface area (Å²) in [4.78, 5) is 2.42. The Morgan fingerprint density at radius 1 is 1.12 bits per heavy atom. The summed E-state index contributed by atoms with van der Waals surface area (Å²) in [5.74, 6) is 1.95. The van der Waals surface area contributed by atoms with Crippen molar-refractivity contribution in [3.05, 3.63) is 23.8 Å². The second-order valence-corrected chi connectivity index (χ2v) is 6.98. The van der Waals surface area contributed by atoms with E-state index in [1.807, 2.05) is 13.0 Å². The van der Waals surface area contributed by atoms with Crippen LogP contribution in [0.1, 0.15) is 52.0 Å². The minimum atomic E-state index is -0.205. The highest BCUT2D eigenvalue weighted by Crippen LogP contribution is 2.31. The molecule has 0 spiro atoms. The highest BCUT2D eigenvalue weighted by molar-refractivity contribution is 5.43. The largest absolute Gasteiger partial charge is 0.490 e. The smallest absolute Gasteiger partial charge is 0.161 e. The molecular formula is C21H35NO3. The Morgan fingerprint density at radius 3 is 2.68 bits per heavy atom. The van der Waals surface area contributed by atoms with E-state index in [1.54, 1.807) is 0 Å². The first-order valence-electron chi connectivity index (χ1n) is 9.96. The zero-order valence-electron chi connectivity index (χ0n) is 16.2. The Balaban J connectivity index is 2.01. The molecule has 0 amide bonds. The Morgan fingerprint density at radius 2 is 1.96 bits per heavy atom. The van der Waals surface area contributed by atoms with E-state index in [2.05, 4.69) is 30.9 Å². The number of hydrogen-bond acceptors (Lipinski definition) is 4. The van der Waals surface area contributed by atoms with Gasteiger partial charge in [0.2, 0.25) is 0 Å². The molecule has 2 atom stereocenters. The minimum absolute atomic E-state index is 0.205. The maximum atomic E-state index is 10.4. The molecular weight excluding hydrogens is 314 g/mol. The molecule has 2 unspecified atom stereocenters. The van der Waals surface area contributed by atoms with Gasteiger partial charge in [-0.05, 0) is 50.4 Å². The number of rotatable bonds is 10. The lowest BCUT2D eigenvalue weighted by atomic mass is 9.88. The van der Waals surface area contributed by atoms with E-state index >= 15 is 0 Å². The first-order valence-corrected chi connectivity index (χ1v) is 9.96. The first-order chi connectivity index (χ1) is 12.2. The summed E-state index contributed by atoms with van der Waals surface area (Å²) < 4.78 is 11.7. The minimum Gasteiger partial charge on any atom is -0.490 e. The van der Waals surface area contributed by atoms with Crippen LogP contribution < -0.4 is 9.47 Å². The van der Waals surface area contributed by atoms with Gasteiger partial charge in [-0.1, -0.05) is 32.8 Å². The summed E-state index contributed by atoms with van der Waals surface area (Å²) in [5, 5.41) is 10.4. The van der Waals surface area contributed by atoms with Gasteiger partial charge in [0.05, 0.1) is 19.3 Å². The van der Waals surface area contributed by atoms with Crippen molar-refractivity contribution >= 4 is 0 Å². The van der Waals surface area contributed by atoms with Gasteiger partial charge >= 0.3 is 0 Å². The summed E-state index contributed by atoms with van der Waals surface area (Å²) in [7, 11) is 0. The molecule has 1 aromatic rings. The summed E-state index contributed by atoms with van der Waals surface area (Å²) in [5.41, 5.74) is 1.21. The SMILES string of the molecule is CCCCCOc1ccc(CC2CN(CC)CCC2O)cc1OCC. The molecule has 1 aliphatic heterocycles. The zero-order chi connectivity index (χ0) is 18.1. The average Bonchev–Trinajstić information content (AvgIpc) is 2.62. The van der Waals surface area contributed by atoms with Crippen LogP contribution in [0.2, 0.25) is 0 Å². The molecule has 0 bridgehead atoms. The Labute approximate surface area is 153 Å². The van der Waals surface area contributed by atoms with Crippen LogP contribution in [0, 0.1) is 5.92 Å². The summed E-state index contributed by atoms with van der Waals surface area (Å²) in [6.07, 6.45) is 5.01. The van der Waals surface area contributed by atoms with E-state index in [9.17, 15) is 5.11 Å². The molecule has 1 N–H and O–H groups in total. The molecule has 1 aromatic carbocycles. The molecule has 1 aliphatic rings. The Bertz CT molecular complexity index is 506. The van der Waals surface area contributed by atoms with Crippen LogP contribution in [0.3, 0.4) is 0 Å². The van der Waals surface area contributed by atoms with Crippen molar-refractivity contribution in [1.29, 1.82) is 0 Å². The van der Waals surface area contributed by atoms with Crippen LogP contribution >= 0.6 is 0 Å². The number of unbranched alkanes of at least 4 members (excludes halogenated alkanes) is 2. The lowest BCUT2D eigenvalue weighted by molar-refractivity contribution is 0.0290. The number of ether oxygens (including phenoxy) is 2. The molecule has 0 aliphatic carbocycles. The molecule has 25 heavy (non-hydrogen) atoms. The third kappa shape index (κ3) is 6.19. The van der Waals surface area contributed by atoms with Crippen molar-refractivity contribution in [1.82, 2.24) is 4.90 Å². The summed E-state index contributed by atoms with van der Waals surface area (Å²) in [6, 6.07) is 6.24. The predicted octanol–water partition coefficient (Wildman–Crippen LogP) is 3.90. The van der Waals surface area contributed by atoms with Crippen molar-refractivity contribution in [3.63, 3.8) is 0 Å². The highest BCUT2D eigenvalue weighted by Gasteiger charge is 2.27. The van der Waals surface area contributed by atoms with Gasteiger partial charge in [0.1, 0.15) is 0 Å². The van der Waals surface area contributed by atoms with Crippen LogP contribution in [0.25, 0.3) is 0 Å². The van der Waals surface area contributed by atoms with Crippen LogP contribution in [0.4, 0.5) is 0 Å². The molecule has 4 nitrogen and oxygen atoms in total. The van der Waals surface area contributed by atoms with E-state index in [-0.39, 0.29) is 6.10 Å². The van der Waals surface area contributed by atoms with Crippen LogP contribution in [-0.4, -0.2) is 49.0 Å². The molecule has 4 heteroatoms.